The molecule has 0 bridgehead atoms. The zero-order chi connectivity index (χ0) is 17.9. The molecule has 0 unspecified atom stereocenters. The van der Waals surface area contributed by atoms with Crippen LogP contribution in [0.5, 0.6) is 0 Å². The molecule has 0 aliphatic heterocycles. The molecule has 5 nitrogen and oxygen atoms in total. The van der Waals surface area contributed by atoms with E-state index in [2.05, 4.69) is 10.0 Å². The molecule has 0 spiro atoms. The molecular formula is C16H26N2O3S2. The Kier molecular flexibility index (Phi) is 6.29. The molecule has 7 heteroatoms. The number of hydrogen-bond acceptors (Lipinski definition) is 4. The summed E-state index contributed by atoms with van der Waals surface area (Å²) in [5.74, 6) is 0.170. The van der Waals surface area contributed by atoms with Crippen LogP contribution in [0.3, 0.4) is 0 Å². The Balaban J connectivity index is 2.83. The van der Waals surface area contributed by atoms with E-state index in [1.54, 1.807) is 32.9 Å². The lowest BCUT2D eigenvalue weighted by molar-refractivity contribution is -0.113. The third kappa shape index (κ3) is 7.85. The highest BCUT2D eigenvalue weighted by molar-refractivity contribution is 8.01. The summed E-state index contributed by atoms with van der Waals surface area (Å²) in [6.45, 7) is 11.4. The molecule has 0 atom stereocenters. The van der Waals surface area contributed by atoms with Crippen molar-refractivity contribution in [2.75, 3.05) is 11.1 Å². The molecule has 0 aliphatic rings. The molecule has 0 fully saturated rings. The van der Waals surface area contributed by atoms with Crippen LogP contribution in [0.25, 0.3) is 0 Å². The molecule has 1 aromatic rings. The van der Waals surface area contributed by atoms with E-state index in [0.717, 1.165) is 0 Å². The molecule has 23 heavy (non-hydrogen) atoms. The van der Waals surface area contributed by atoms with Gasteiger partial charge in [0, 0.05) is 16.0 Å². The van der Waals surface area contributed by atoms with E-state index in [1.165, 1.54) is 23.9 Å². The molecule has 0 heterocycles. The Labute approximate surface area is 143 Å². The molecule has 1 aromatic carbocycles. The summed E-state index contributed by atoms with van der Waals surface area (Å²) in [5, 5.41) is 2.74. The van der Waals surface area contributed by atoms with E-state index in [-0.39, 0.29) is 15.5 Å². The lowest BCUT2D eigenvalue weighted by Crippen LogP contribution is -2.40. The van der Waals surface area contributed by atoms with Crippen LogP contribution in [0.4, 0.5) is 5.69 Å². The average Bonchev–Trinajstić information content (AvgIpc) is 2.33. The highest BCUT2D eigenvalue weighted by Gasteiger charge is 2.22. The van der Waals surface area contributed by atoms with Gasteiger partial charge < -0.3 is 5.32 Å². The number of thioether (sulfide) groups is 1. The fourth-order valence-corrected chi connectivity index (χ4v) is 3.78. The van der Waals surface area contributed by atoms with Crippen molar-refractivity contribution in [2.45, 2.75) is 56.7 Å². The topological polar surface area (TPSA) is 75.3 Å². The minimum atomic E-state index is -3.62. The minimum Gasteiger partial charge on any atom is -0.325 e. The van der Waals surface area contributed by atoms with Gasteiger partial charge in [-0.1, -0.05) is 26.8 Å². The van der Waals surface area contributed by atoms with Crippen LogP contribution in [-0.4, -0.2) is 30.4 Å². The average molecular weight is 359 g/mol. The van der Waals surface area contributed by atoms with Gasteiger partial charge in [0.05, 0.1) is 10.6 Å². The predicted octanol–water partition coefficient (Wildman–Crippen LogP) is 3.23. The molecule has 130 valence electrons. The van der Waals surface area contributed by atoms with Gasteiger partial charge in [0.15, 0.2) is 0 Å². The van der Waals surface area contributed by atoms with Crippen LogP contribution in [0.1, 0.15) is 41.5 Å². The molecule has 0 aromatic heterocycles. The maximum Gasteiger partial charge on any atom is 0.241 e. The molecule has 0 saturated carbocycles. The molecule has 1 amide bonds. The number of nitrogens with one attached hydrogen (secondary N) is 2. The third-order valence-electron chi connectivity index (χ3n) is 2.50. The smallest absolute Gasteiger partial charge is 0.241 e. The van der Waals surface area contributed by atoms with Gasteiger partial charge in [-0.2, -0.15) is 0 Å². The normalized spacial score (nSPS) is 13.0. The van der Waals surface area contributed by atoms with Crippen LogP contribution in [0.2, 0.25) is 0 Å². The summed E-state index contributed by atoms with van der Waals surface area (Å²) in [7, 11) is -3.62. The van der Waals surface area contributed by atoms with E-state index in [0.29, 0.717) is 11.4 Å². The lowest BCUT2D eigenvalue weighted by atomic mass is 10.1. The summed E-state index contributed by atoms with van der Waals surface area (Å²) < 4.78 is 27.2. The lowest BCUT2D eigenvalue weighted by Gasteiger charge is -2.20. The Morgan fingerprint density at radius 2 is 1.74 bits per heavy atom. The van der Waals surface area contributed by atoms with Gasteiger partial charge in [0.1, 0.15) is 0 Å². The quantitative estimate of drug-likeness (QED) is 0.847. The van der Waals surface area contributed by atoms with E-state index in [9.17, 15) is 13.2 Å². The van der Waals surface area contributed by atoms with Crippen molar-refractivity contribution in [2.24, 2.45) is 0 Å². The zero-order valence-electron chi connectivity index (χ0n) is 14.6. The summed E-state index contributed by atoms with van der Waals surface area (Å²) in [4.78, 5) is 12.1. The van der Waals surface area contributed by atoms with Crippen LogP contribution < -0.4 is 10.0 Å². The second-order valence-electron chi connectivity index (χ2n) is 7.33. The Hall–Kier alpha value is -1.05. The summed E-state index contributed by atoms with van der Waals surface area (Å²) in [6.07, 6.45) is 0. The number of sulfonamides is 1. The van der Waals surface area contributed by atoms with Gasteiger partial charge in [-0.05, 0) is 39.0 Å². The van der Waals surface area contributed by atoms with E-state index >= 15 is 0 Å². The molecule has 2 N–H and O–H groups in total. The van der Waals surface area contributed by atoms with Gasteiger partial charge in [-0.3, -0.25) is 4.79 Å². The van der Waals surface area contributed by atoms with Crippen LogP contribution in [0, 0.1) is 0 Å². The third-order valence-corrected chi connectivity index (χ3v) is 5.53. The Morgan fingerprint density at radius 1 is 1.13 bits per heavy atom. The summed E-state index contributed by atoms with van der Waals surface area (Å²) in [6, 6.07) is 6.26. The molecule has 0 saturated heterocycles. The molecular weight excluding hydrogens is 332 g/mol. The highest BCUT2D eigenvalue weighted by atomic mass is 32.2. The van der Waals surface area contributed by atoms with E-state index < -0.39 is 15.6 Å². The van der Waals surface area contributed by atoms with Crippen molar-refractivity contribution in [3.8, 4) is 0 Å². The van der Waals surface area contributed by atoms with Crippen LogP contribution in [0.15, 0.2) is 29.2 Å². The van der Waals surface area contributed by atoms with Gasteiger partial charge in [0.2, 0.25) is 15.9 Å². The number of hydrogen-bond donors (Lipinski definition) is 2. The highest BCUT2D eigenvalue weighted by Crippen LogP contribution is 2.23. The Bertz CT molecular complexity index is 657. The van der Waals surface area contributed by atoms with Crippen molar-refractivity contribution >= 4 is 33.4 Å². The second kappa shape index (κ2) is 7.23. The fourth-order valence-electron chi connectivity index (χ4n) is 1.68. The number of amides is 1. The van der Waals surface area contributed by atoms with Crippen molar-refractivity contribution in [1.29, 1.82) is 0 Å². The van der Waals surface area contributed by atoms with Gasteiger partial charge in [0.25, 0.3) is 0 Å². The maximum absolute atomic E-state index is 12.3. The number of carbonyl (C=O) groups excluding carboxylic acids is 1. The SMILES string of the molecule is CC(C)(C)NS(=O)(=O)c1cccc(NC(=O)CSC(C)(C)C)c1. The summed E-state index contributed by atoms with van der Waals surface area (Å²) >= 11 is 1.54. The molecule has 0 radical (unpaired) electrons. The number of benzene rings is 1. The van der Waals surface area contributed by atoms with Crippen molar-refractivity contribution in [1.82, 2.24) is 4.72 Å². The number of anilines is 1. The maximum atomic E-state index is 12.3. The van der Waals surface area contributed by atoms with E-state index in [1.807, 2.05) is 20.8 Å². The fraction of sp³-hybridized carbons (Fsp3) is 0.562. The van der Waals surface area contributed by atoms with E-state index in [4.69, 9.17) is 0 Å². The van der Waals surface area contributed by atoms with Crippen molar-refractivity contribution in [3.05, 3.63) is 24.3 Å². The first-order valence-corrected chi connectivity index (χ1v) is 9.83. The number of carbonyl (C=O) groups is 1. The molecule has 1 rings (SSSR count). The van der Waals surface area contributed by atoms with Gasteiger partial charge >= 0.3 is 0 Å². The van der Waals surface area contributed by atoms with Crippen molar-refractivity contribution < 1.29 is 13.2 Å². The first kappa shape index (κ1) is 20.0. The second-order valence-corrected chi connectivity index (χ2v) is 10.8. The van der Waals surface area contributed by atoms with Crippen molar-refractivity contribution in [3.63, 3.8) is 0 Å². The number of rotatable bonds is 5. The first-order chi connectivity index (χ1) is 10.3. The van der Waals surface area contributed by atoms with Crippen LogP contribution in [-0.2, 0) is 14.8 Å². The zero-order valence-corrected chi connectivity index (χ0v) is 16.2. The Morgan fingerprint density at radius 3 is 2.26 bits per heavy atom. The molecule has 0 aliphatic carbocycles. The van der Waals surface area contributed by atoms with Crippen LogP contribution >= 0.6 is 11.8 Å². The largest absolute Gasteiger partial charge is 0.325 e. The standard InChI is InChI=1S/C16H26N2O3S2/c1-15(2,3)18-23(20,21)13-9-7-8-12(10-13)17-14(19)11-22-16(4,5)6/h7-10,18H,11H2,1-6H3,(H,17,19). The first-order valence-electron chi connectivity index (χ1n) is 7.36. The van der Waals surface area contributed by atoms with Gasteiger partial charge in [-0.15, -0.1) is 11.8 Å². The summed E-state index contributed by atoms with van der Waals surface area (Å²) in [5.41, 5.74) is -0.0946. The minimum absolute atomic E-state index is 0.000837. The monoisotopic (exact) mass is 358 g/mol. The van der Waals surface area contributed by atoms with Gasteiger partial charge in [-0.25, -0.2) is 13.1 Å². The predicted molar refractivity (Wildman–Crippen MR) is 97.4 cm³/mol.